The molecule has 1 aliphatic rings. The number of rotatable bonds is 2. The minimum atomic E-state index is 0.321. The smallest absolute Gasteiger partial charge is 0.0203 e. The molecule has 1 fully saturated rings. The number of benzene rings is 2. The molecule has 0 bridgehead atoms. The van der Waals surface area contributed by atoms with Crippen LogP contribution in [0.3, 0.4) is 0 Å². The molecule has 1 aliphatic carbocycles. The van der Waals surface area contributed by atoms with Crippen LogP contribution in [0.1, 0.15) is 35.1 Å². The Kier molecular flexibility index (Phi) is 2.32. The normalized spacial score (nSPS) is 16.8. The first-order valence-electron chi connectivity index (χ1n) is 6.35. The third-order valence-corrected chi connectivity index (χ3v) is 3.96. The van der Waals surface area contributed by atoms with Gasteiger partial charge in [-0.1, -0.05) is 59.7 Å². The molecule has 2 aromatic carbocycles. The Morgan fingerprint density at radius 1 is 0.647 bits per heavy atom. The molecule has 0 saturated heterocycles. The van der Waals surface area contributed by atoms with Crippen LogP contribution >= 0.6 is 0 Å². The zero-order valence-electron chi connectivity index (χ0n) is 10.5. The van der Waals surface area contributed by atoms with Gasteiger partial charge in [-0.3, -0.25) is 0 Å². The van der Waals surface area contributed by atoms with Crippen LogP contribution in [0.4, 0.5) is 0 Å². The summed E-state index contributed by atoms with van der Waals surface area (Å²) in [5.74, 6) is 0. The van der Waals surface area contributed by atoms with Crippen molar-refractivity contribution in [2.24, 2.45) is 0 Å². The number of aryl methyl sites for hydroxylation is 2. The highest BCUT2D eigenvalue weighted by atomic mass is 14.5. The van der Waals surface area contributed by atoms with Gasteiger partial charge in [0.15, 0.2) is 0 Å². The van der Waals surface area contributed by atoms with Crippen LogP contribution in [0.2, 0.25) is 0 Å². The molecule has 0 aromatic heterocycles. The van der Waals surface area contributed by atoms with Gasteiger partial charge in [0.25, 0.3) is 0 Å². The molecule has 0 heterocycles. The van der Waals surface area contributed by atoms with Crippen LogP contribution in [0.15, 0.2) is 48.5 Å². The molecule has 0 atom stereocenters. The molecule has 0 N–H and O–H groups in total. The third-order valence-electron chi connectivity index (χ3n) is 3.96. The van der Waals surface area contributed by atoms with Gasteiger partial charge in [0.2, 0.25) is 0 Å². The van der Waals surface area contributed by atoms with Gasteiger partial charge in [0.1, 0.15) is 0 Å². The van der Waals surface area contributed by atoms with Gasteiger partial charge < -0.3 is 0 Å². The topological polar surface area (TPSA) is 0 Å². The summed E-state index contributed by atoms with van der Waals surface area (Å²) in [5, 5.41) is 0. The van der Waals surface area contributed by atoms with Gasteiger partial charge in [0, 0.05) is 5.41 Å². The molecule has 86 valence electrons. The fourth-order valence-electron chi connectivity index (χ4n) is 2.61. The molecule has 1 saturated carbocycles. The largest absolute Gasteiger partial charge is 0.0590 e. The zero-order valence-corrected chi connectivity index (χ0v) is 10.5. The van der Waals surface area contributed by atoms with Crippen molar-refractivity contribution in [1.29, 1.82) is 0 Å². The van der Waals surface area contributed by atoms with Gasteiger partial charge in [-0.15, -0.1) is 0 Å². The molecule has 2 aromatic rings. The first-order valence-corrected chi connectivity index (χ1v) is 6.35. The monoisotopic (exact) mass is 222 g/mol. The minimum absolute atomic E-state index is 0.321. The Hall–Kier alpha value is -1.56. The standard InChI is InChI=1S/C17H18/c1-13-3-7-15(8-4-13)17(11-12-17)16-9-5-14(2)6-10-16/h3-10H,11-12H2,1-2H3. The first-order chi connectivity index (χ1) is 8.21. The second-order valence-electron chi connectivity index (χ2n) is 5.31. The summed E-state index contributed by atoms with van der Waals surface area (Å²) >= 11 is 0. The molecular formula is C17H18. The van der Waals surface area contributed by atoms with Crippen LogP contribution < -0.4 is 0 Å². The molecule has 3 rings (SSSR count). The molecule has 0 spiro atoms. The van der Waals surface area contributed by atoms with Crippen molar-refractivity contribution >= 4 is 0 Å². The summed E-state index contributed by atoms with van der Waals surface area (Å²) in [6.45, 7) is 4.30. The Balaban J connectivity index is 2.01. The van der Waals surface area contributed by atoms with Crippen molar-refractivity contribution < 1.29 is 0 Å². The van der Waals surface area contributed by atoms with E-state index >= 15 is 0 Å². The van der Waals surface area contributed by atoms with Gasteiger partial charge in [0.05, 0.1) is 0 Å². The van der Waals surface area contributed by atoms with Crippen LogP contribution in [0.25, 0.3) is 0 Å². The van der Waals surface area contributed by atoms with E-state index in [1.807, 2.05) is 0 Å². The Labute approximate surface area is 103 Å². The van der Waals surface area contributed by atoms with Gasteiger partial charge in [-0.2, -0.15) is 0 Å². The third kappa shape index (κ3) is 1.78. The van der Waals surface area contributed by atoms with E-state index in [-0.39, 0.29) is 0 Å². The fraction of sp³-hybridized carbons (Fsp3) is 0.294. The molecule has 0 amide bonds. The van der Waals surface area contributed by atoms with E-state index in [4.69, 9.17) is 0 Å². The second-order valence-corrected chi connectivity index (χ2v) is 5.31. The second kappa shape index (κ2) is 3.73. The highest BCUT2D eigenvalue weighted by Crippen LogP contribution is 2.53. The molecule has 0 aliphatic heterocycles. The van der Waals surface area contributed by atoms with Gasteiger partial charge in [-0.05, 0) is 37.8 Å². The van der Waals surface area contributed by atoms with E-state index in [0.717, 1.165) is 0 Å². The van der Waals surface area contributed by atoms with E-state index in [1.54, 1.807) is 0 Å². The van der Waals surface area contributed by atoms with Crippen molar-refractivity contribution in [2.45, 2.75) is 32.1 Å². The van der Waals surface area contributed by atoms with Crippen molar-refractivity contribution in [3.05, 3.63) is 70.8 Å². The summed E-state index contributed by atoms with van der Waals surface area (Å²) in [6, 6.07) is 18.1. The van der Waals surface area contributed by atoms with Crippen LogP contribution in [0.5, 0.6) is 0 Å². The predicted molar refractivity (Wildman–Crippen MR) is 72.4 cm³/mol. The minimum Gasteiger partial charge on any atom is -0.0590 e. The van der Waals surface area contributed by atoms with Crippen LogP contribution in [-0.2, 0) is 5.41 Å². The zero-order chi connectivity index (χ0) is 11.9. The summed E-state index contributed by atoms with van der Waals surface area (Å²) in [6.07, 6.45) is 2.58. The lowest BCUT2D eigenvalue weighted by atomic mass is 9.87. The molecule has 0 heteroatoms. The fourth-order valence-corrected chi connectivity index (χ4v) is 2.61. The summed E-state index contributed by atoms with van der Waals surface area (Å²) in [4.78, 5) is 0. The molecule has 0 unspecified atom stereocenters. The number of hydrogen-bond donors (Lipinski definition) is 0. The quantitative estimate of drug-likeness (QED) is 0.707. The van der Waals surface area contributed by atoms with Crippen molar-refractivity contribution in [2.75, 3.05) is 0 Å². The Bertz CT molecular complexity index is 465. The SMILES string of the molecule is Cc1ccc(C2(c3ccc(C)cc3)CC2)cc1. The maximum absolute atomic E-state index is 2.29. The van der Waals surface area contributed by atoms with Crippen LogP contribution in [0, 0.1) is 13.8 Å². The van der Waals surface area contributed by atoms with Crippen LogP contribution in [-0.4, -0.2) is 0 Å². The van der Waals surface area contributed by atoms with E-state index < -0.39 is 0 Å². The van der Waals surface area contributed by atoms with E-state index in [2.05, 4.69) is 62.4 Å². The molecule has 0 nitrogen and oxygen atoms in total. The average molecular weight is 222 g/mol. The van der Waals surface area contributed by atoms with E-state index in [1.165, 1.54) is 35.1 Å². The highest BCUT2D eigenvalue weighted by molar-refractivity contribution is 5.46. The van der Waals surface area contributed by atoms with Crippen molar-refractivity contribution in [1.82, 2.24) is 0 Å². The van der Waals surface area contributed by atoms with E-state index in [9.17, 15) is 0 Å². The average Bonchev–Trinajstić information content (AvgIpc) is 3.12. The summed E-state index contributed by atoms with van der Waals surface area (Å²) in [7, 11) is 0. The lowest BCUT2D eigenvalue weighted by Gasteiger charge is -2.16. The Morgan fingerprint density at radius 2 is 1.00 bits per heavy atom. The maximum atomic E-state index is 2.29. The first kappa shape index (κ1) is 10.6. The van der Waals surface area contributed by atoms with Crippen molar-refractivity contribution in [3.8, 4) is 0 Å². The lowest BCUT2D eigenvalue weighted by Crippen LogP contribution is -2.08. The molecular weight excluding hydrogens is 204 g/mol. The Morgan fingerprint density at radius 3 is 1.29 bits per heavy atom. The van der Waals surface area contributed by atoms with Crippen molar-refractivity contribution in [3.63, 3.8) is 0 Å². The highest BCUT2D eigenvalue weighted by Gasteiger charge is 2.45. The summed E-state index contributed by atoms with van der Waals surface area (Å²) < 4.78 is 0. The van der Waals surface area contributed by atoms with Gasteiger partial charge >= 0.3 is 0 Å². The lowest BCUT2D eigenvalue weighted by molar-refractivity contribution is 0.846. The molecule has 17 heavy (non-hydrogen) atoms. The van der Waals surface area contributed by atoms with E-state index in [0.29, 0.717) is 5.41 Å². The predicted octanol–water partition coefficient (Wildman–Crippen LogP) is 4.38. The molecule has 0 radical (unpaired) electrons. The summed E-state index contributed by atoms with van der Waals surface area (Å²) in [5.41, 5.74) is 5.96. The maximum Gasteiger partial charge on any atom is 0.0203 e. The number of hydrogen-bond acceptors (Lipinski definition) is 0. The van der Waals surface area contributed by atoms with Gasteiger partial charge in [-0.25, -0.2) is 0 Å².